The fraction of sp³-hybridized carbons (Fsp3) is 0.583. The molecule has 16 heavy (non-hydrogen) atoms. The Morgan fingerprint density at radius 3 is 2.44 bits per heavy atom. The molecule has 3 nitrogen and oxygen atoms in total. The molecule has 0 amide bonds. The molecule has 1 heterocycles. The number of hydrogen-bond acceptors (Lipinski definition) is 3. The summed E-state index contributed by atoms with van der Waals surface area (Å²) in [5.74, 6) is 1.64. The highest BCUT2D eigenvalue weighted by Gasteiger charge is 2.25. The number of halogens is 1. The number of pyridine rings is 1. The quantitative estimate of drug-likeness (QED) is 0.795. The van der Waals surface area contributed by atoms with Crippen LogP contribution in [0.4, 0.5) is 0 Å². The highest BCUT2D eigenvalue weighted by atomic mass is 127. The summed E-state index contributed by atoms with van der Waals surface area (Å²) in [6.07, 6.45) is 6.20. The lowest BCUT2D eigenvalue weighted by Crippen LogP contribution is -2.23. The van der Waals surface area contributed by atoms with Crippen LogP contribution in [0.15, 0.2) is 12.4 Å². The maximum Gasteiger partial charge on any atom is 0.155 e. The molecule has 88 valence electrons. The van der Waals surface area contributed by atoms with Gasteiger partial charge in [0.1, 0.15) is 9.17 Å². The normalized spacial score (nSPS) is 16.0. The van der Waals surface area contributed by atoms with Gasteiger partial charge in [0.05, 0.1) is 18.5 Å². The van der Waals surface area contributed by atoms with Crippen LogP contribution in [0.25, 0.3) is 0 Å². The molecule has 1 saturated carbocycles. The van der Waals surface area contributed by atoms with E-state index in [1.807, 2.05) is 20.8 Å². The van der Waals surface area contributed by atoms with E-state index in [1.165, 1.54) is 0 Å². The highest BCUT2D eigenvalue weighted by molar-refractivity contribution is 14.1. The molecule has 1 aromatic heterocycles. The van der Waals surface area contributed by atoms with Crippen LogP contribution in [-0.4, -0.2) is 16.7 Å². The average Bonchev–Trinajstić information content (AvgIpc) is 2.93. The van der Waals surface area contributed by atoms with E-state index in [0.29, 0.717) is 6.10 Å². The van der Waals surface area contributed by atoms with Crippen LogP contribution < -0.4 is 9.47 Å². The van der Waals surface area contributed by atoms with Crippen molar-refractivity contribution >= 4 is 22.6 Å². The molecule has 2 rings (SSSR count). The Morgan fingerprint density at radius 2 is 1.88 bits per heavy atom. The molecule has 0 unspecified atom stereocenters. The molecule has 4 heteroatoms. The summed E-state index contributed by atoms with van der Waals surface area (Å²) in [5.41, 5.74) is -0.209. The maximum atomic E-state index is 5.83. The smallest absolute Gasteiger partial charge is 0.155 e. The minimum absolute atomic E-state index is 0.209. The van der Waals surface area contributed by atoms with Crippen molar-refractivity contribution in [3.8, 4) is 11.5 Å². The molecule has 1 fully saturated rings. The zero-order valence-electron chi connectivity index (χ0n) is 9.79. The third-order valence-electron chi connectivity index (χ3n) is 2.05. The van der Waals surface area contributed by atoms with Gasteiger partial charge in [-0.1, -0.05) is 0 Å². The second kappa shape index (κ2) is 4.39. The first-order valence-electron chi connectivity index (χ1n) is 5.45. The van der Waals surface area contributed by atoms with Crippen LogP contribution >= 0.6 is 22.6 Å². The number of aromatic nitrogens is 1. The zero-order chi connectivity index (χ0) is 11.8. The molecule has 0 spiro atoms. The van der Waals surface area contributed by atoms with Crippen molar-refractivity contribution < 1.29 is 9.47 Å². The first-order valence-corrected chi connectivity index (χ1v) is 6.53. The van der Waals surface area contributed by atoms with E-state index in [0.717, 1.165) is 27.9 Å². The van der Waals surface area contributed by atoms with Gasteiger partial charge in [0, 0.05) is 0 Å². The SMILES string of the molecule is CC(C)(C)Oc1cncc(OC2CC2)c1I. The predicted molar refractivity (Wildman–Crippen MR) is 71.0 cm³/mol. The van der Waals surface area contributed by atoms with Crippen LogP contribution in [0.5, 0.6) is 11.5 Å². The fourth-order valence-corrected chi connectivity index (χ4v) is 1.77. The number of hydrogen-bond donors (Lipinski definition) is 0. The first kappa shape index (κ1) is 12.0. The Morgan fingerprint density at radius 1 is 1.25 bits per heavy atom. The predicted octanol–water partition coefficient (Wildman–Crippen LogP) is 3.40. The Hall–Kier alpha value is -0.520. The lowest BCUT2D eigenvalue weighted by molar-refractivity contribution is 0.128. The molecule has 0 radical (unpaired) electrons. The number of ether oxygens (including phenoxy) is 2. The van der Waals surface area contributed by atoms with Crippen molar-refractivity contribution in [3.05, 3.63) is 16.0 Å². The second-order valence-electron chi connectivity index (χ2n) is 4.98. The summed E-state index contributed by atoms with van der Waals surface area (Å²) >= 11 is 2.25. The summed E-state index contributed by atoms with van der Waals surface area (Å²) in [5, 5.41) is 0. The van der Waals surface area contributed by atoms with Gasteiger partial charge in [-0.05, 0) is 56.2 Å². The first-order chi connectivity index (χ1) is 7.46. The van der Waals surface area contributed by atoms with E-state index >= 15 is 0 Å². The van der Waals surface area contributed by atoms with E-state index < -0.39 is 0 Å². The number of rotatable bonds is 3. The van der Waals surface area contributed by atoms with E-state index in [1.54, 1.807) is 12.4 Å². The van der Waals surface area contributed by atoms with Gasteiger partial charge in [-0.25, -0.2) is 0 Å². The Labute approximate surface area is 110 Å². The van der Waals surface area contributed by atoms with Gasteiger partial charge in [0.2, 0.25) is 0 Å². The van der Waals surface area contributed by atoms with Gasteiger partial charge < -0.3 is 9.47 Å². The molecule has 1 aromatic rings. The molecule has 0 N–H and O–H groups in total. The average molecular weight is 333 g/mol. The van der Waals surface area contributed by atoms with Crippen molar-refractivity contribution in [2.45, 2.75) is 45.3 Å². The molecule has 0 aliphatic heterocycles. The van der Waals surface area contributed by atoms with E-state index in [-0.39, 0.29) is 5.60 Å². The van der Waals surface area contributed by atoms with Crippen LogP contribution in [0, 0.1) is 3.57 Å². The summed E-state index contributed by atoms with van der Waals surface area (Å²) in [7, 11) is 0. The fourth-order valence-electron chi connectivity index (χ4n) is 1.26. The molecule has 0 bridgehead atoms. The van der Waals surface area contributed by atoms with Crippen molar-refractivity contribution in [1.29, 1.82) is 0 Å². The summed E-state index contributed by atoms with van der Waals surface area (Å²) in [6, 6.07) is 0. The molecule has 0 aromatic carbocycles. The van der Waals surface area contributed by atoms with Crippen molar-refractivity contribution in [2.75, 3.05) is 0 Å². The van der Waals surface area contributed by atoms with Crippen LogP contribution in [0.3, 0.4) is 0 Å². The van der Waals surface area contributed by atoms with Crippen molar-refractivity contribution in [2.24, 2.45) is 0 Å². The van der Waals surface area contributed by atoms with Gasteiger partial charge in [-0.3, -0.25) is 4.98 Å². The number of nitrogens with zero attached hydrogens (tertiary/aromatic N) is 1. The summed E-state index contributed by atoms with van der Waals surface area (Å²) < 4.78 is 12.6. The zero-order valence-corrected chi connectivity index (χ0v) is 11.9. The standard InChI is InChI=1S/C12H16INO2/c1-12(2,3)16-10-7-14-6-9(11(10)13)15-8-4-5-8/h6-8H,4-5H2,1-3H3. The van der Waals surface area contributed by atoms with Crippen LogP contribution in [0.2, 0.25) is 0 Å². The van der Waals surface area contributed by atoms with E-state index in [9.17, 15) is 0 Å². The summed E-state index contributed by atoms with van der Waals surface area (Å²) in [6.45, 7) is 6.08. The molecular weight excluding hydrogens is 317 g/mol. The topological polar surface area (TPSA) is 31.4 Å². The van der Waals surface area contributed by atoms with Crippen LogP contribution in [-0.2, 0) is 0 Å². The van der Waals surface area contributed by atoms with E-state index in [2.05, 4.69) is 27.6 Å². The molecular formula is C12H16INO2. The highest BCUT2D eigenvalue weighted by Crippen LogP contribution is 2.34. The Bertz CT molecular complexity index is 383. The lowest BCUT2D eigenvalue weighted by Gasteiger charge is -2.22. The Balaban J connectivity index is 2.18. The molecule has 0 saturated heterocycles. The van der Waals surface area contributed by atoms with Crippen LogP contribution in [0.1, 0.15) is 33.6 Å². The molecule has 0 atom stereocenters. The lowest BCUT2D eigenvalue weighted by atomic mass is 10.2. The van der Waals surface area contributed by atoms with Gasteiger partial charge in [0.15, 0.2) is 11.5 Å². The molecule has 1 aliphatic rings. The molecule has 1 aliphatic carbocycles. The minimum atomic E-state index is -0.209. The van der Waals surface area contributed by atoms with Gasteiger partial charge in [-0.2, -0.15) is 0 Å². The van der Waals surface area contributed by atoms with Gasteiger partial charge in [0.25, 0.3) is 0 Å². The van der Waals surface area contributed by atoms with E-state index in [4.69, 9.17) is 9.47 Å². The van der Waals surface area contributed by atoms with Gasteiger partial charge >= 0.3 is 0 Å². The maximum absolute atomic E-state index is 5.83. The van der Waals surface area contributed by atoms with Gasteiger partial charge in [-0.15, -0.1) is 0 Å². The Kier molecular flexibility index (Phi) is 3.28. The second-order valence-corrected chi connectivity index (χ2v) is 6.06. The minimum Gasteiger partial charge on any atom is -0.488 e. The largest absolute Gasteiger partial charge is 0.488 e. The third kappa shape index (κ3) is 3.23. The monoisotopic (exact) mass is 333 g/mol. The third-order valence-corrected chi connectivity index (χ3v) is 3.11. The van der Waals surface area contributed by atoms with Crippen molar-refractivity contribution in [3.63, 3.8) is 0 Å². The van der Waals surface area contributed by atoms with Crippen molar-refractivity contribution in [1.82, 2.24) is 4.98 Å². The summed E-state index contributed by atoms with van der Waals surface area (Å²) in [4.78, 5) is 4.16.